The summed E-state index contributed by atoms with van der Waals surface area (Å²) in [5.74, 6) is 0.540. The highest BCUT2D eigenvalue weighted by molar-refractivity contribution is 9.10. The molecule has 94 valence electrons. The summed E-state index contributed by atoms with van der Waals surface area (Å²) >= 11 is 5.12. The van der Waals surface area contributed by atoms with Crippen molar-refractivity contribution in [1.82, 2.24) is 5.32 Å². The number of primary amides is 1. The van der Waals surface area contributed by atoms with Gasteiger partial charge in [0.25, 0.3) is 0 Å². The first-order chi connectivity index (χ1) is 7.98. The molecule has 0 saturated carbocycles. The van der Waals surface area contributed by atoms with Gasteiger partial charge < -0.3 is 11.1 Å². The fraction of sp³-hybridized carbons (Fsp3) is 0.417. The molecule has 1 rings (SSSR count). The molecule has 0 saturated heterocycles. The standard InChI is InChI=1S/C12H17BrN2OS/c1-12(15-2,11(14)16)7-8-17-10-5-3-9(13)4-6-10/h3-6,15H,7-8H2,1-2H3,(H2,14,16). The first-order valence-electron chi connectivity index (χ1n) is 5.35. The quantitative estimate of drug-likeness (QED) is 0.792. The van der Waals surface area contributed by atoms with Gasteiger partial charge in [0.05, 0.1) is 5.54 Å². The van der Waals surface area contributed by atoms with Gasteiger partial charge in [-0.25, -0.2) is 0 Å². The maximum atomic E-state index is 11.3. The molecule has 0 spiro atoms. The van der Waals surface area contributed by atoms with Gasteiger partial charge in [0.2, 0.25) is 5.91 Å². The highest BCUT2D eigenvalue weighted by Crippen LogP contribution is 2.23. The molecule has 1 aromatic rings. The fourth-order valence-corrected chi connectivity index (χ4v) is 2.61. The second kappa shape index (κ2) is 6.42. The number of likely N-dealkylation sites (N-methyl/N-ethyl adjacent to an activating group) is 1. The molecule has 3 N–H and O–H groups in total. The van der Waals surface area contributed by atoms with Gasteiger partial charge in [-0.1, -0.05) is 15.9 Å². The summed E-state index contributed by atoms with van der Waals surface area (Å²) in [7, 11) is 1.76. The van der Waals surface area contributed by atoms with Crippen LogP contribution in [-0.2, 0) is 4.79 Å². The molecular formula is C12H17BrN2OS. The summed E-state index contributed by atoms with van der Waals surface area (Å²) in [5.41, 5.74) is 4.74. The van der Waals surface area contributed by atoms with Gasteiger partial charge >= 0.3 is 0 Å². The number of benzene rings is 1. The van der Waals surface area contributed by atoms with Crippen LogP contribution >= 0.6 is 27.7 Å². The average Bonchev–Trinajstić information content (AvgIpc) is 2.31. The molecule has 0 radical (unpaired) electrons. The van der Waals surface area contributed by atoms with Gasteiger partial charge in [-0.15, -0.1) is 11.8 Å². The Morgan fingerprint density at radius 1 is 1.47 bits per heavy atom. The summed E-state index contributed by atoms with van der Waals surface area (Å²) < 4.78 is 1.07. The van der Waals surface area contributed by atoms with Crippen LogP contribution in [0.4, 0.5) is 0 Å². The van der Waals surface area contributed by atoms with E-state index in [-0.39, 0.29) is 5.91 Å². The number of amides is 1. The Hall–Kier alpha value is -0.520. The number of thioether (sulfide) groups is 1. The minimum Gasteiger partial charge on any atom is -0.368 e. The normalized spacial score (nSPS) is 14.3. The van der Waals surface area contributed by atoms with Crippen molar-refractivity contribution < 1.29 is 4.79 Å². The molecule has 0 fully saturated rings. The summed E-state index contributed by atoms with van der Waals surface area (Å²) in [5, 5.41) is 2.98. The third-order valence-electron chi connectivity index (χ3n) is 2.78. The van der Waals surface area contributed by atoms with E-state index in [4.69, 9.17) is 5.73 Å². The molecule has 1 aromatic carbocycles. The van der Waals surface area contributed by atoms with Gasteiger partial charge in [-0.3, -0.25) is 4.79 Å². The first kappa shape index (κ1) is 14.5. The third kappa shape index (κ3) is 4.33. The summed E-state index contributed by atoms with van der Waals surface area (Å²) in [6.45, 7) is 1.83. The number of nitrogens with two attached hydrogens (primary N) is 1. The van der Waals surface area contributed by atoms with E-state index in [0.717, 1.165) is 10.2 Å². The minimum atomic E-state index is -0.623. The molecule has 0 aliphatic carbocycles. The van der Waals surface area contributed by atoms with Crippen molar-refractivity contribution in [3.05, 3.63) is 28.7 Å². The molecule has 1 atom stereocenters. The van der Waals surface area contributed by atoms with Gasteiger partial charge in [-0.2, -0.15) is 0 Å². The Kier molecular flexibility index (Phi) is 5.49. The second-order valence-corrected chi connectivity index (χ2v) is 6.08. The van der Waals surface area contributed by atoms with Crippen molar-refractivity contribution in [1.29, 1.82) is 0 Å². The van der Waals surface area contributed by atoms with Crippen molar-refractivity contribution in [2.24, 2.45) is 5.73 Å². The van der Waals surface area contributed by atoms with Gasteiger partial charge in [0.15, 0.2) is 0 Å². The second-order valence-electron chi connectivity index (χ2n) is 4.00. The van der Waals surface area contributed by atoms with Crippen molar-refractivity contribution in [3.63, 3.8) is 0 Å². The zero-order valence-corrected chi connectivity index (χ0v) is 12.4. The molecule has 0 aliphatic rings. The fourth-order valence-electron chi connectivity index (χ4n) is 1.28. The molecule has 1 unspecified atom stereocenters. The lowest BCUT2D eigenvalue weighted by atomic mass is 9.99. The Labute approximate surface area is 115 Å². The molecule has 3 nitrogen and oxygen atoms in total. The lowest BCUT2D eigenvalue weighted by Gasteiger charge is -2.25. The van der Waals surface area contributed by atoms with Crippen LogP contribution in [0, 0.1) is 0 Å². The number of hydrogen-bond acceptors (Lipinski definition) is 3. The number of hydrogen-bond donors (Lipinski definition) is 2. The van der Waals surface area contributed by atoms with E-state index in [1.807, 2.05) is 19.1 Å². The lowest BCUT2D eigenvalue weighted by molar-refractivity contribution is -0.123. The zero-order chi connectivity index (χ0) is 12.9. The van der Waals surface area contributed by atoms with E-state index >= 15 is 0 Å². The minimum absolute atomic E-state index is 0.309. The van der Waals surface area contributed by atoms with Crippen LogP contribution in [-0.4, -0.2) is 24.2 Å². The smallest absolute Gasteiger partial charge is 0.237 e. The van der Waals surface area contributed by atoms with Crippen molar-refractivity contribution in [2.75, 3.05) is 12.8 Å². The van der Waals surface area contributed by atoms with Crippen LogP contribution in [0.3, 0.4) is 0 Å². The predicted octanol–water partition coefficient (Wildman–Crippen LogP) is 2.39. The Morgan fingerprint density at radius 2 is 2.06 bits per heavy atom. The number of carbonyl (C=O) groups is 1. The van der Waals surface area contributed by atoms with Gasteiger partial charge in [0, 0.05) is 15.1 Å². The number of rotatable bonds is 6. The molecule has 0 heterocycles. The molecule has 1 amide bonds. The van der Waals surface area contributed by atoms with E-state index in [1.165, 1.54) is 4.90 Å². The van der Waals surface area contributed by atoms with Crippen LogP contribution < -0.4 is 11.1 Å². The van der Waals surface area contributed by atoms with E-state index < -0.39 is 5.54 Å². The highest BCUT2D eigenvalue weighted by atomic mass is 79.9. The van der Waals surface area contributed by atoms with Gasteiger partial charge in [-0.05, 0) is 44.7 Å². The van der Waals surface area contributed by atoms with Crippen LogP contribution in [0.5, 0.6) is 0 Å². The van der Waals surface area contributed by atoms with Crippen LogP contribution in [0.15, 0.2) is 33.6 Å². The van der Waals surface area contributed by atoms with E-state index in [1.54, 1.807) is 18.8 Å². The molecular weight excluding hydrogens is 300 g/mol. The van der Waals surface area contributed by atoms with Crippen molar-refractivity contribution in [3.8, 4) is 0 Å². The van der Waals surface area contributed by atoms with Crippen molar-refractivity contribution >= 4 is 33.6 Å². The van der Waals surface area contributed by atoms with Crippen LogP contribution in [0.2, 0.25) is 0 Å². The van der Waals surface area contributed by atoms with Crippen LogP contribution in [0.1, 0.15) is 13.3 Å². The van der Waals surface area contributed by atoms with E-state index in [0.29, 0.717) is 6.42 Å². The first-order valence-corrected chi connectivity index (χ1v) is 7.13. The summed E-state index contributed by atoms with van der Waals surface area (Å²) in [6, 6.07) is 8.12. The van der Waals surface area contributed by atoms with Crippen LogP contribution in [0.25, 0.3) is 0 Å². The number of nitrogens with one attached hydrogen (secondary N) is 1. The monoisotopic (exact) mass is 316 g/mol. The maximum Gasteiger partial charge on any atom is 0.237 e. The molecule has 5 heteroatoms. The zero-order valence-electron chi connectivity index (χ0n) is 10.00. The Morgan fingerprint density at radius 3 is 2.53 bits per heavy atom. The van der Waals surface area contributed by atoms with Crippen molar-refractivity contribution in [2.45, 2.75) is 23.8 Å². The molecule has 17 heavy (non-hydrogen) atoms. The summed E-state index contributed by atoms with van der Waals surface area (Å²) in [6.07, 6.45) is 0.708. The predicted molar refractivity (Wildman–Crippen MR) is 76.1 cm³/mol. The average molecular weight is 317 g/mol. The third-order valence-corrected chi connectivity index (χ3v) is 4.32. The molecule has 0 aromatic heterocycles. The van der Waals surface area contributed by atoms with Gasteiger partial charge in [0.1, 0.15) is 0 Å². The SMILES string of the molecule is CNC(C)(CCSc1ccc(Br)cc1)C(N)=O. The number of carbonyl (C=O) groups excluding carboxylic acids is 1. The van der Waals surface area contributed by atoms with E-state index in [2.05, 4.69) is 33.4 Å². The van der Waals surface area contributed by atoms with E-state index in [9.17, 15) is 4.79 Å². The lowest BCUT2D eigenvalue weighted by Crippen LogP contribution is -2.51. The highest BCUT2D eigenvalue weighted by Gasteiger charge is 2.28. The topological polar surface area (TPSA) is 55.1 Å². The maximum absolute atomic E-state index is 11.3. The number of halogens is 1. The Balaban J connectivity index is 2.47. The largest absolute Gasteiger partial charge is 0.368 e. The Bertz CT molecular complexity index is 383. The summed E-state index contributed by atoms with van der Waals surface area (Å²) in [4.78, 5) is 12.5. The molecule has 0 aliphatic heterocycles. The molecule has 0 bridgehead atoms.